The molecule has 0 aromatic carbocycles. The molecule has 0 rings (SSSR count). The summed E-state index contributed by atoms with van der Waals surface area (Å²) in [4.78, 5) is 9.96. The highest BCUT2D eigenvalue weighted by Gasteiger charge is 1.93. The highest BCUT2D eigenvalue weighted by Crippen LogP contribution is 2.05. The van der Waals surface area contributed by atoms with Gasteiger partial charge in [0.1, 0.15) is 6.29 Å². The van der Waals surface area contributed by atoms with Crippen LogP contribution in [0.3, 0.4) is 0 Å². The van der Waals surface area contributed by atoms with Crippen LogP contribution in [0.4, 0.5) is 0 Å². The van der Waals surface area contributed by atoms with Crippen LogP contribution in [-0.4, -0.2) is 6.29 Å². The van der Waals surface area contributed by atoms with E-state index in [0.29, 0.717) is 12.3 Å². The second kappa shape index (κ2) is 6.53. The van der Waals surface area contributed by atoms with Crippen LogP contribution in [0.2, 0.25) is 0 Å². The monoisotopic (exact) mass is 140 g/mol. The molecule has 0 fully saturated rings. The van der Waals surface area contributed by atoms with Crippen molar-refractivity contribution in [2.75, 3.05) is 0 Å². The number of carbonyl (C=O) groups is 1. The van der Waals surface area contributed by atoms with Gasteiger partial charge in [-0.25, -0.2) is 0 Å². The van der Waals surface area contributed by atoms with Crippen LogP contribution in [0, 0.1) is 5.92 Å². The lowest BCUT2D eigenvalue weighted by Gasteiger charge is -2.00. The van der Waals surface area contributed by atoms with Crippen LogP contribution in [0.1, 0.15) is 33.1 Å². The Kier molecular flexibility index (Phi) is 6.14. The van der Waals surface area contributed by atoms with Crippen molar-refractivity contribution in [1.82, 2.24) is 0 Å². The molecule has 0 saturated heterocycles. The Balaban J connectivity index is 3.32. The maximum atomic E-state index is 9.96. The molecular weight excluding hydrogens is 124 g/mol. The van der Waals surface area contributed by atoms with E-state index < -0.39 is 0 Å². The van der Waals surface area contributed by atoms with E-state index in [1.807, 2.05) is 0 Å². The molecule has 1 unspecified atom stereocenters. The number of allylic oxidation sites excluding steroid dienone is 2. The third kappa shape index (κ3) is 5.54. The lowest BCUT2D eigenvalue weighted by molar-refractivity contribution is -0.108. The number of hydrogen-bond acceptors (Lipinski definition) is 1. The molecule has 0 N–H and O–H groups in total. The van der Waals surface area contributed by atoms with E-state index in [2.05, 4.69) is 26.0 Å². The van der Waals surface area contributed by atoms with Gasteiger partial charge in [0.25, 0.3) is 0 Å². The van der Waals surface area contributed by atoms with E-state index in [4.69, 9.17) is 0 Å². The van der Waals surface area contributed by atoms with Gasteiger partial charge in [-0.3, -0.25) is 0 Å². The molecule has 1 atom stereocenters. The summed E-state index contributed by atoms with van der Waals surface area (Å²) in [5.41, 5.74) is 0. The van der Waals surface area contributed by atoms with Gasteiger partial charge in [0.15, 0.2) is 0 Å². The van der Waals surface area contributed by atoms with Gasteiger partial charge < -0.3 is 4.79 Å². The van der Waals surface area contributed by atoms with Gasteiger partial charge in [0.2, 0.25) is 0 Å². The van der Waals surface area contributed by atoms with E-state index in [0.717, 1.165) is 19.1 Å². The zero-order chi connectivity index (χ0) is 7.82. The first-order chi connectivity index (χ1) is 4.81. The van der Waals surface area contributed by atoms with Crippen LogP contribution < -0.4 is 0 Å². The van der Waals surface area contributed by atoms with Crippen molar-refractivity contribution in [3.05, 3.63) is 12.2 Å². The van der Waals surface area contributed by atoms with Crippen LogP contribution in [0.15, 0.2) is 12.2 Å². The number of hydrogen-bond donors (Lipinski definition) is 0. The van der Waals surface area contributed by atoms with E-state index in [1.54, 1.807) is 0 Å². The third-order valence-electron chi connectivity index (χ3n) is 1.44. The predicted molar refractivity (Wildman–Crippen MR) is 43.9 cm³/mol. The Bertz CT molecular complexity index is 105. The summed E-state index contributed by atoms with van der Waals surface area (Å²) in [6.45, 7) is 4.25. The molecule has 0 spiro atoms. The fourth-order valence-corrected chi connectivity index (χ4v) is 0.796. The summed E-state index contributed by atoms with van der Waals surface area (Å²) in [7, 11) is 0. The van der Waals surface area contributed by atoms with Crippen molar-refractivity contribution >= 4 is 6.29 Å². The smallest absolute Gasteiger partial charge is 0.120 e. The van der Waals surface area contributed by atoms with Crippen molar-refractivity contribution in [3.8, 4) is 0 Å². The molecule has 0 aromatic heterocycles. The first-order valence-corrected chi connectivity index (χ1v) is 3.91. The molecule has 58 valence electrons. The number of rotatable bonds is 5. The van der Waals surface area contributed by atoms with Crippen molar-refractivity contribution in [2.24, 2.45) is 5.92 Å². The molecule has 1 nitrogen and oxygen atoms in total. The number of aldehydes is 1. The first-order valence-electron chi connectivity index (χ1n) is 3.91. The first kappa shape index (κ1) is 9.41. The van der Waals surface area contributed by atoms with Crippen molar-refractivity contribution in [1.29, 1.82) is 0 Å². The summed E-state index contributed by atoms with van der Waals surface area (Å²) >= 11 is 0. The molecule has 0 aliphatic rings. The van der Waals surface area contributed by atoms with Crippen molar-refractivity contribution in [2.45, 2.75) is 33.1 Å². The highest BCUT2D eigenvalue weighted by molar-refractivity contribution is 5.49. The van der Waals surface area contributed by atoms with Crippen LogP contribution in [0.5, 0.6) is 0 Å². The topological polar surface area (TPSA) is 17.1 Å². The Hall–Kier alpha value is -0.590. The van der Waals surface area contributed by atoms with Crippen LogP contribution in [-0.2, 0) is 4.79 Å². The summed E-state index contributed by atoms with van der Waals surface area (Å²) in [6, 6.07) is 0. The minimum absolute atomic E-state index is 0.560. The molecule has 0 aliphatic carbocycles. The van der Waals surface area contributed by atoms with E-state index in [1.165, 1.54) is 0 Å². The van der Waals surface area contributed by atoms with Crippen LogP contribution in [0.25, 0.3) is 0 Å². The fraction of sp³-hybridized carbons (Fsp3) is 0.667. The second-order valence-corrected chi connectivity index (χ2v) is 2.56. The quantitative estimate of drug-likeness (QED) is 0.423. The summed E-state index contributed by atoms with van der Waals surface area (Å²) < 4.78 is 0. The Labute approximate surface area is 63.1 Å². The molecule has 10 heavy (non-hydrogen) atoms. The molecule has 0 heterocycles. The van der Waals surface area contributed by atoms with Gasteiger partial charge in [0, 0.05) is 6.42 Å². The maximum Gasteiger partial charge on any atom is 0.120 e. The highest BCUT2D eigenvalue weighted by atomic mass is 16.1. The third-order valence-corrected chi connectivity index (χ3v) is 1.44. The van der Waals surface area contributed by atoms with E-state index in [9.17, 15) is 4.79 Å². The maximum absolute atomic E-state index is 9.96. The molecular formula is C9H16O. The zero-order valence-electron chi connectivity index (χ0n) is 6.84. The Morgan fingerprint density at radius 3 is 2.70 bits per heavy atom. The lowest BCUT2D eigenvalue weighted by atomic mass is 10.1. The standard InChI is InChI=1S/C9H16O/c1-3-4-6-9(2)7-5-8-10/h4,6,8-9H,3,5,7H2,1-2H3. The summed E-state index contributed by atoms with van der Waals surface area (Å²) in [5.74, 6) is 0.560. The zero-order valence-corrected chi connectivity index (χ0v) is 6.84. The Morgan fingerprint density at radius 1 is 1.50 bits per heavy atom. The molecule has 0 aromatic rings. The van der Waals surface area contributed by atoms with Gasteiger partial charge in [0.05, 0.1) is 0 Å². The van der Waals surface area contributed by atoms with Crippen molar-refractivity contribution < 1.29 is 4.79 Å². The second-order valence-electron chi connectivity index (χ2n) is 2.56. The fourth-order valence-electron chi connectivity index (χ4n) is 0.796. The van der Waals surface area contributed by atoms with Crippen LogP contribution >= 0.6 is 0 Å². The van der Waals surface area contributed by atoms with Gasteiger partial charge in [-0.1, -0.05) is 26.0 Å². The van der Waals surface area contributed by atoms with E-state index >= 15 is 0 Å². The van der Waals surface area contributed by atoms with E-state index in [-0.39, 0.29) is 0 Å². The predicted octanol–water partition coefficient (Wildman–Crippen LogP) is 2.57. The van der Waals surface area contributed by atoms with Gasteiger partial charge in [-0.2, -0.15) is 0 Å². The van der Waals surface area contributed by atoms with Gasteiger partial charge in [-0.15, -0.1) is 0 Å². The minimum atomic E-state index is 0.560. The molecule has 0 radical (unpaired) electrons. The lowest BCUT2D eigenvalue weighted by Crippen LogP contribution is -1.89. The number of carbonyl (C=O) groups excluding carboxylic acids is 1. The average molecular weight is 140 g/mol. The average Bonchev–Trinajstić information content (AvgIpc) is 1.97. The van der Waals surface area contributed by atoms with Crippen molar-refractivity contribution in [3.63, 3.8) is 0 Å². The van der Waals surface area contributed by atoms with Gasteiger partial charge >= 0.3 is 0 Å². The SMILES string of the molecule is CCC=CC(C)CCC=O. The summed E-state index contributed by atoms with van der Waals surface area (Å²) in [5, 5.41) is 0. The molecule has 1 heteroatoms. The minimum Gasteiger partial charge on any atom is -0.303 e. The molecule has 0 saturated carbocycles. The molecule has 0 aliphatic heterocycles. The largest absolute Gasteiger partial charge is 0.303 e. The summed E-state index contributed by atoms with van der Waals surface area (Å²) in [6.07, 6.45) is 8.07. The normalized spacial score (nSPS) is 13.8. The Morgan fingerprint density at radius 2 is 2.20 bits per heavy atom. The molecule has 0 bridgehead atoms. The molecule has 0 amide bonds. The van der Waals surface area contributed by atoms with Gasteiger partial charge in [-0.05, 0) is 18.8 Å².